The Morgan fingerprint density at radius 3 is 2.91 bits per heavy atom. The third-order valence-electron chi connectivity index (χ3n) is 3.61. The van der Waals surface area contributed by atoms with Crippen molar-refractivity contribution in [1.82, 2.24) is 0 Å². The second-order valence-electron chi connectivity index (χ2n) is 5.14. The van der Waals surface area contributed by atoms with Gasteiger partial charge in [0.15, 0.2) is 0 Å². The molecule has 0 saturated heterocycles. The summed E-state index contributed by atoms with van der Waals surface area (Å²) in [6, 6.07) is 14.8. The van der Waals surface area contributed by atoms with Gasteiger partial charge in [-0.05, 0) is 30.3 Å². The molecule has 0 atom stereocenters. The molecule has 0 spiro atoms. The number of carbonyl (C=O) groups excluding carboxylic acids is 1. The van der Waals surface area contributed by atoms with E-state index in [0.717, 1.165) is 11.4 Å². The maximum absolute atomic E-state index is 12.8. The topological polar surface area (TPSA) is 48.0 Å². The maximum Gasteiger partial charge on any atom is 0.258 e. The Morgan fingerprint density at radius 1 is 1.17 bits per heavy atom. The van der Waals surface area contributed by atoms with Crippen molar-refractivity contribution in [2.24, 2.45) is 0 Å². The molecular weight excluding hydrogens is 294 g/mol. The van der Waals surface area contributed by atoms with Crippen LogP contribution in [0.1, 0.15) is 10.4 Å². The van der Waals surface area contributed by atoms with E-state index in [1.165, 1.54) is 0 Å². The first-order chi connectivity index (χ1) is 11.3. The maximum atomic E-state index is 12.8. The minimum atomic E-state index is -0.0575. The van der Waals surface area contributed by atoms with Crippen LogP contribution < -0.4 is 14.4 Å². The van der Waals surface area contributed by atoms with Crippen LogP contribution in [0.25, 0.3) is 0 Å². The Hall–Kier alpha value is -2.53. The summed E-state index contributed by atoms with van der Waals surface area (Å²) in [6.45, 7) is 1.99. The fourth-order valence-electron chi connectivity index (χ4n) is 2.50. The van der Waals surface area contributed by atoms with Crippen LogP contribution in [0, 0.1) is 0 Å². The van der Waals surface area contributed by atoms with Gasteiger partial charge in [0.2, 0.25) is 0 Å². The smallest absolute Gasteiger partial charge is 0.258 e. The molecule has 1 aliphatic rings. The number of hydrogen-bond donors (Lipinski definition) is 0. The van der Waals surface area contributed by atoms with Gasteiger partial charge in [-0.2, -0.15) is 0 Å². The van der Waals surface area contributed by atoms with Gasteiger partial charge in [-0.25, -0.2) is 0 Å². The summed E-state index contributed by atoms with van der Waals surface area (Å²) in [6.07, 6.45) is 0. The third-order valence-corrected chi connectivity index (χ3v) is 3.61. The molecule has 0 N–H and O–H groups in total. The van der Waals surface area contributed by atoms with E-state index in [2.05, 4.69) is 0 Å². The summed E-state index contributed by atoms with van der Waals surface area (Å²) in [5.41, 5.74) is 1.39. The highest BCUT2D eigenvalue weighted by atomic mass is 16.5. The molecule has 0 fully saturated rings. The molecule has 0 radical (unpaired) electrons. The van der Waals surface area contributed by atoms with Crippen LogP contribution in [0.15, 0.2) is 48.5 Å². The van der Waals surface area contributed by atoms with E-state index in [-0.39, 0.29) is 5.91 Å². The minimum Gasteiger partial charge on any atom is -0.491 e. The van der Waals surface area contributed by atoms with Crippen LogP contribution >= 0.6 is 0 Å². The Kier molecular flexibility index (Phi) is 4.78. The molecule has 0 aromatic heterocycles. The van der Waals surface area contributed by atoms with Crippen molar-refractivity contribution >= 4 is 11.6 Å². The molecule has 3 rings (SSSR count). The highest BCUT2D eigenvalue weighted by Crippen LogP contribution is 2.32. The van der Waals surface area contributed by atoms with E-state index in [1.54, 1.807) is 24.1 Å². The summed E-state index contributed by atoms with van der Waals surface area (Å²) >= 11 is 0. The number of nitrogens with zero attached hydrogens (tertiary/aromatic N) is 1. The van der Waals surface area contributed by atoms with Crippen LogP contribution in [0.4, 0.5) is 5.69 Å². The zero-order chi connectivity index (χ0) is 16.1. The molecular formula is C18H19NO4. The number of hydrogen-bond acceptors (Lipinski definition) is 4. The monoisotopic (exact) mass is 313 g/mol. The van der Waals surface area contributed by atoms with Crippen molar-refractivity contribution in [3.8, 4) is 11.5 Å². The van der Waals surface area contributed by atoms with Crippen molar-refractivity contribution in [3.63, 3.8) is 0 Å². The fourth-order valence-corrected chi connectivity index (χ4v) is 2.50. The molecule has 23 heavy (non-hydrogen) atoms. The van der Waals surface area contributed by atoms with Gasteiger partial charge in [0.05, 0.1) is 18.8 Å². The number of carbonyl (C=O) groups is 1. The van der Waals surface area contributed by atoms with Gasteiger partial charge in [-0.15, -0.1) is 0 Å². The van der Waals surface area contributed by atoms with Crippen molar-refractivity contribution in [3.05, 3.63) is 54.1 Å². The Morgan fingerprint density at radius 2 is 2.04 bits per heavy atom. The lowest BCUT2D eigenvalue weighted by Crippen LogP contribution is -2.37. The quantitative estimate of drug-likeness (QED) is 0.796. The van der Waals surface area contributed by atoms with Gasteiger partial charge in [0.25, 0.3) is 5.91 Å². The number of benzene rings is 2. The Balaban J connectivity index is 1.80. The van der Waals surface area contributed by atoms with Crippen LogP contribution in [-0.4, -0.2) is 39.4 Å². The highest BCUT2D eigenvalue weighted by molar-refractivity contribution is 6.07. The van der Waals surface area contributed by atoms with Gasteiger partial charge >= 0.3 is 0 Å². The van der Waals surface area contributed by atoms with Crippen LogP contribution in [0.3, 0.4) is 0 Å². The van der Waals surface area contributed by atoms with Crippen molar-refractivity contribution in [2.45, 2.75) is 0 Å². The van der Waals surface area contributed by atoms with E-state index in [9.17, 15) is 4.79 Å². The van der Waals surface area contributed by atoms with Crippen molar-refractivity contribution < 1.29 is 19.0 Å². The molecule has 2 aromatic rings. The summed E-state index contributed by atoms with van der Waals surface area (Å²) in [7, 11) is 1.62. The lowest BCUT2D eigenvalue weighted by atomic mass is 10.1. The van der Waals surface area contributed by atoms with E-state index in [1.807, 2.05) is 36.4 Å². The van der Waals surface area contributed by atoms with E-state index in [0.29, 0.717) is 37.7 Å². The molecule has 0 bridgehead atoms. The largest absolute Gasteiger partial charge is 0.491 e. The molecule has 1 amide bonds. The number of rotatable bonds is 5. The first-order valence-electron chi connectivity index (χ1n) is 7.55. The lowest BCUT2D eigenvalue weighted by Gasteiger charge is -2.29. The predicted molar refractivity (Wildman–Crippen MR) is 87.4 cm³/mol. The zero-order valence-corrected chi connectivity index (χ0v) is 13.0. The number of methoxy groups -OCH3 is 1. The molecule has 1 aliphatic heterocycles. The van der Waals surface area contributed by atoms with Crippen LogP contribution in [0.5, 0.6) is 11.5 Å². The fraction of sp³-hybridized carbons (Fsp3) is 0.278. The summed E-state index contributed by atoms with van der Waals surface area (Å²) in [5.74, 6) is 1.34. The first kappa shape index (κ1) is 15.4. The zero-order valence-electron chi connectivity index (χ0n) is 13.0. The molecule has 5 nitrogen and oxygen atoms in total. The molecule has 0 saturated carbocycles. The van der Waals surface area contributed by atoms with Crippen LogP contribution in [-0.2, 0) is 4.74 Å². The van der Waals surface area contributed by atoms with Gasteiger partial charge in [0, 0.05) is 12.7 Å². The average molecular weight is 313 g/mol. The third kappa shape index (κ3) is 3.46. The second-order valence-corrected chi connectivity index (χ2v) is 5.14. The SMILES string of the molecule is COCCOc1cccc(C(=O)N2CCOc3ccccc32)c1. The second kappa shape index (κ2) is 7.15. The predicted octanol–water partition coefficient (Wildman–Crippen LogP) is 2.75. The number of para-hydroxylation sites is 2. The standard InChI is InChI=1S/C18H19NO4/c1-21-11-12-22-15-6-4-5-14(13-15)18(20)19-9-10-23-17-8-3-2-7-16(17)19/h2-8,13H,9-12H2,1H3. The molecule has 5 heteroatoms. The lowest BCUT2D eigenvalue weighted by molar-refractivity contribution is 0.0976. The van der Waals surface area contributed by atoms with Gasteiger partial charge in [0.1, 0.15) is 24.7 Å². The molecule has 2 aromatic carbocycles. The summed E-state index contributed by atoms with van der Waals surface area (Å²) in [5, 5.41) is 0. The van der Waals surface area contributed by atoms with Gasteiger partial charge in [-0.1, -0.05) is 18.2 Å². The van der Waals surface area contributed by atoms with Crippen molar-refractivity contribution in [2.75, 3.05) is 38.4 Å². The highest BCUT2D eigenvalue weighted by Gasteiger charge is 2.24. The molecule has 0 aliphatic carbocycles. The molecule has 120 valence electrons. The number of amides is 1. The molecule has 1 heterocycles. The number of ether oxygens (including phenoxy) is 3. The van der Waals surface area contributed by atoms with E-state index >= 15 is 0 Å². The average Bonchev–Trinajstić information content (AvgIpc) is 2.61. The Labute approximate surface area is 135 Å². The minimum absolute atomic E-state index is 0.0575. The normalized spacial score (nSPS) is 13.2. The molecule has 0 unspecified atom stereocenters. The van der Waals surface area contributed by atoms with Gasteiger partial charge < -0.3 is 19.1 Å². The van der Waals surface area contributed by atoms with Crippen LogP contribution in [0.2, 0.25) is 0 Å². The van der Waals surface area contributed by atoms with Gasteiger partial charge in [-0.3, -0.25) is 4.79 Å². The Bertz CT molecular complexity index is 686. The van der Waals surface area contributed by atoms with E-state index < -0.39 is 0 Å². The summed E-state index contributed by atoms with van der Waals surface area (Å²) < 4.78 is 16.1. The number of anilines is 1. The summed E-state index contributed by atoms with van der Waals surface area (Å²) in [4.78, 5) is 14.6. The first-order valence-corrected chi connectivity index (χ1v) is 7.55. The number of fused-ring (bicyclic) bond motifs is 1. The van der Waals surface area contributed by atoms with E-state index in [4.69, 9.17) is 14.2 Å². The van der Waals surface area contributed by atoms with Crippen molar-refractivity contribution in [1.29, 1.82) is 0 Å².